The molecule has 2 aromatic carbocycles. The van der Waals surface area contributed by atoms with Crippen molar-refractivity contribution in [3.63, 3.8) is 0 Å². The second-order valence-corrected chi connectivity index (χ2v) is 9.00. The van der Waals surface area contributed by atoms with Crippen LogP contribution in [-0.4, -0.2) is 40.2 Å². The quantitative estimate of drug-likeness (QED) is 0.637. The van der Waals surface area contributed by atoms with E-state index in [1.54, 1.807) is 23.1 Å². The molecular weight excluding hydrogens is 424 g/mol. The fraction of sp³-hybridized carbons (Fsp3) is 0.250. The highest BCUT2D eigenvalue weighted by atomic mass is 32.1. The minimum atomic E-state index is -0.416. The van der Waals surface area contributed by atoms with E-state index in [2.05, 4.69) is 15.6 Å². The summed E-state index contributed by atoms with van der Waals surface area (Å²) in [6.07, 6.45) is 1.62. The minimum absolute atomic E-state index is 0.137. The van der Waals surface area contributed by atoms with E-state index in [-0.39, 0.29) is 24.1 Å². The Hall–Kier alpha value is -3.52. The summed E-state index contributed by atoms with van der Waals surface area (Å²) in [6.45, 7) is 2.61. The number of amides is 3. The number of anilines is 2. The Morgan fingerprint density at radius 3 is 2.84 bits per heavy atom. The molecule has 3 amide bonds. The van der Waals surface area contributed by atoms with Gasteiger partial charge < -0.3 is 15.5 Å². The highest BCUT2D eigenvalue weighted by Gasteiger charge is 2.38. The fourth-order valence-electron chi connectivity index (χ4n) is 4.15. The number of carbonyl (C=O) groups is 3. The van der Waals surface area contributed by atoms with Crippen LogP contribution in [0.25, 0.3) is 10.6 Å². The number of thiazole rings is 1. The molecule has 2 N–H and O–H groups in total. The van der Waals surface area contributed by atoms with Crippen LogP contribution in [0.1, 0.15) is 34.5 Å². The average Bonchev–Trinajstić information content (AvgIpc) is 3.43. The molecule has 5 rings (SSSR count). The van der Waals surface area contributed by atoms with Crippen LogP contribution < -0.4 is 10.6 Å². The van der Waals surface area contributed by atoms with Gasteiger partial charge in [-0.15, -0.1) is 11.3 Å². The topological polar surface area (TPSA) is 91.4 Å². The van der Waals surface area contributed by atoms with Crippen LogP contribution in [0, 0.1) is 6.92 Å². The first-order chi connectivity index (χ1) is 15.5. The van der Waals surface area contributed by atoms with Crippen molar-refractivity contribution in [3.8, 4) is 10.6 Å². The number of nitrogens with one attached hydrogen (secondary N) is 2. The van der Waals surface area contributed by atoms with Gasteiger partial charge in [-0.25, -0.2) is 4.98 Å². The van der Waals surface area contributed by atoms with Crippen LogP contribution in [0.2, 0.25) is 0 Å². The van der Waals surface area contributed by atoms with Gasteiger partial charge in [0.1, 0.15) is 11.0 Å². The second-order valence-electron chi connectivity index (χ2n) is 8.14. The maximum atomic E-state index is 13.0. The monoisotopic (exact) mass is 446 g/mol. The second kappa shape index (κ2) is 8.20. The number of carbonyl (C=O) groups excluding carboxylic acids is 3. The minimum Gasteiger partial charge on any atom is -0.327 e. The molecule has 1 fully saturated rings. The number of fused-ring (bicyclic) bond motifs is 2. The predicted octanol–water partition coefficient (Wildman–Crippen LogP) is 3.86. The molecule has 1 saturated heterocycles. The van der Waals surface area contributed by atoms with E-state index in [0.717, 1.165) is 17.0 Å². The fourth-order valence-corrected chi connectivity index (χ4v) is 4.97. The summed E-state index contributed by atoms with van der Waals surface area (Å²) in [7, 11) is 0. The van der Waals surface area contributed by atoms with Crippen LogP contribution in [0.5, 0.6) is 0 Å². The molecule has 2 aliphatic heterocycles. The first-order valence-electron chi connectivity index (χ1n) is 10.5. The van der Waals surface area contributed by atoms with Crippen LogP contribution >= 0.6 is 11.3 Å². The van der Waals surface area contributed by atoms with Crippen LogP contribution in [0.3, 0.4) is 0 Å². The summed E-state index contributed by atoms with van der Waals surface area (Å²) >= 11 is 1.51. The zero-order chi connectivity index (χ0) is 22.2. The molecule has 32 heavy (non-hydrogen) atoms. The molecule has 7 nitrogen and oxygen atoms in total. The molecule has 3 aromatic rings. The molecule has 0 aliphatic carbocycles. The third kappa shape index (κ3) is 3.89. The van der Waals surface area contributed by atoms with Crippen molar-refractivity contribution in [1.82, 2.24) is 9.88 Å². The lowest BCUT2D eigenvalue weighted by Crippen LogP contribution is -2.40. The van der Waals surface area contributed by atoms with E-state index in [1.165, 1.54) is 16.9 Å². The number of aromatic nitrogens is 1. The number of aryl methyl sites for hydroxylation is 1. The van der Waals surface area contributed by atoms with Crippen molar-refractivity contribution in [2.24, 2.45) is 0 Å². The zero-order valence-corrected chi connectivity index (χ0v) is 18.4. The molecule has 1 atom stereocenters. The van der Waals surface area contributed by atoms with Gasteiger partial charge in [-0.3, -0.25) is 14.4 Å². The third-order valence-corrected chi connectivity index (χ3v) is 6.74. The Balaban J connectivity index is 1.30. The average molecular weight is 447 g/mol. The van der Waals surface area contributed by atoms with Crippen molar-refractivity contribution >= 4 is 40.4 Å². The van der Waals surface area contributed by atoms with Crippen molar-refractivity contribution < 1.29 is 14.4 Å². The number of benzene rings is 2. The Bertz CT molecular complexity index is 1220. The summed E-state index contributed by atoms with van der Waals surface area (Å²) in [5.41, 5.74) is 4.30. The number of nitrogens with zero attached hydrogens (tertiary/aromatic N) is 2. The van der Waals surface area contributed by atoms with Gasteiger partial charge in [-0.2, -0.15) is 0 Å². The zero-order valence-electron chi connectivity index (χ0n) is 17.6. The largest absolute Gasteiger partial charge is 0.327 e. The summed E-state index contributed by atoms with van der Waals surface area (Å²) in [4.78, 5) is 44.2. The molecule has 0 bridgehead atoms. The molecule has 0 radical (unpaired) electrons. The molecular formula is C24H22N4O3S. The normalized spacial score (nSPS) is 17.4. The lowest BCUT2D eigenvalue weighted by molar-refractivity contribution is -0.119. The first kappa shape index (κ1) is 20.4. The number of hydrogen-bond donors (Lipinski definition) is 2. The number of hydrogen-bond acceptors (Lipinski definition) is 5. The standard InChI is InChI=1S/C24H22N4O3S/c1-14-4-6-15(7-5-14)23-26-17(13-32-23)12-21(29)25-16-8-9-19-18(11-16)24(31)28-10-2-3-20(28)22(30)27-19/h4-9,11,13,20H,2-3,10,12H2,1H3,(H,25,29)(H,27,30)/t20-/m0/s1. The Kier molecular flexibility index (Phi) is 5.22. The molecule has 2 aliphatic rings. The van der Waals surface area contributed by atoms with Gasteiger partial charge in [0.05, 0.1) is 23.4 Å². The molecule has 162 valence electrons. The lowest BCUT2D eigenvalue weighted by atomic mass is 10.1. The molecule has 8 heteroatoms. The maximum Gasteiger partial charge on any atom is 0.256 e. The van der Waals surface area contributed by atoms with E-state index < -0.39 is 6.04 Å². The van der Waals surface area contributed by atoms with Gasteiger partial charge in [0, 0.05) is 23.2 Å². The molecule has 0 unspecified atom stereocenters. The van der Waals surface area contributed by atoms with E-state index in [4.69, 9.17) is 0 Å². The molecule has 3 heterocycles. The van der Waals surface area contributed by atoms with E-state index in [9.17, 15) is 14.4 Å². The summed E-state index contributed by atoms with van der Waals surface area (Å²) < 4.78 is 0. The molecule has 0 saturated carbocycles. The van der Waals surface area contributed by atoms with E-state index >= 15 is 0 Å². The van der Waals surface area contributed by atoms with Gasteiger partial charge in [-0.05, 0) is 38.0 Å². The van der Waals surface area contributed by atoms with Crippen LogP contribution in [0.4, 0.5) is 11.4 Å². The van der Waals surface area contributed by atoms with Crippen LogP contribution in [-0.2, 0) is 16.0 Å². The number of rotatable bonds is 4. The van der Waals surface area contributed by atoms with Crippen molar-refractivity contribution in [3.05, 3.63) is 64.7 Å². The van der Waals surface area contributed by atoms with Gasteiger partial charge in [0.25, 0.3) is 5.91 Å². The predicted molar refractivity (Wildman–Crippen MR) is 124 cm³/mol. The first-order valence-corrected chi connectivity index (χ1v) is 11.4. The summed E-state index contributed by atoms with van der Waals surface area (Å²) in [5, 5.41) is 8.46. The van der Waals surface area contributed by atoms with Crippen molar-refractivity contribution in [2.75, 3.05) is 17.2 Å². The molecule has 1 aromatic heterocycles. The van der Waals surface area contributed by atoms with Crippen molar-refractivity contribution in [2.45, 2.75) is 32.2 Å². The molecule has 0 spiro atoms. The van der Waals surface area contributed by atoms with Gasteiger partial charge >= 0.3 is 0 Å². The summed E-state index contributed by atoms with van der Waals surface area (Å²) in [6, 6.07) is 12.7. The highest BCUT2D eigenvalue weighted by Crippen LogP contribution is 2.30. The van der Waals surface area contributed by atoms with Gasteiger partial charge in [0.15, 0.2) is 0 Å². The smallest absolute Gasteiger partial charge is 0.256 e. The summed E-state index contributed by atoms with van der Waals surface area (Å²) in [5.74, 6) is -0.548. The van der Waals surface area contributed by atoms with E-state index in [0.29, 0.717) is 35.6 Å². The van der Waals surface area contributed by atoms with Crippen LogP contribution in [0.15, 0.2) is 47.8 Å². The third-order valence-electron chi connectivity index (χ3n) is 5.80. The lowest BCUT2D eigenvalue weighted by Gasteiger charge is -2.20. The Morgan fingerprint density at radius 2 is 2.03 bits per heavy atom. The Labute approximate surface area is 189 Å². The van der Waals surface area contributed by atoms with Crippen molar-refractivity contribution in [1.29, 1.82) is 0 Å². The van der Waals surface area contributed by atoms with Gasteiger partial charge in [0.2, 0.25) is 11.8 Å². The highest BCUT2D eigenvalue weighted by molar-refractivity contribution is 7.13. The van der Waals surface area contributed by atoms with E-state index in [1.807, 2.05) is 36.6 Å². The van der Waals surface area contributed by atoms with Gasteiger partial charge in [-0.1, -0.05) is 29.8 Å². The SMILES string of the molecule is Cc1ccc(-c2nc(CC(=O)Nc3ccc4c(c3)C(=O)N3CCC[C@H]3C(=O)N4)cs2)cc1. The maximum absolute atomic E-state index is 13.0. The Morgan fingerprint density at radius 1 is 1.22 bits per heavy atom.